The molecule has 0 aliphatic carbocycles. The number of unbranched alkanes of at least 4 members (excludes halogenated alkanes) is 57. The fraction of sp³-hybridized carbons (Fsp3) is 0.877. The number of nitrogens with one attached hydrogen (secondary N) is 1. The summed E-state index contributed by atoms with van der Waals surface area (Å²) in [5, 5.41) is 23.3. The van der Waals surface area contributed by atoms with Gasteiger partial charge in [0.2, 0.25) is 5.91 Å². The second kappa shape index (κ2) is 76.3. The molecule has 0 fully saturated rings. The van der Waals surface area contributed by atoms with Crippen molar-refractivity contribution in [1.29, 1.82) is 0 Å². The number of carbonyl (C=O) groups is 2. The summed E-state index contributed by atoms with van der Waals surface area (Å²) in [4.78, 5) is 24.6. The number of amides is 1. The summed E-state index contributed by atoms with van der Waals surface area (Å²) < 4.78 is 5.51. The van der Waals surface area contributed by atoms with Crippen LogP contribution >= 0.6 is 0 Å². The van der Waals surface area contributed by atoms with Crippen LogP contribution in [0.5, 0.6) is 0 Å². The van der Waals surface area contributed by atoms with Gasteiger partial charge in [-0.15, -0.1) is 0 Å². The second-order valence-corrected chi connectivity index (χ2v) is 27.0. The zero-order valence-electron chi connectivity index (χ0n) is 58.8. The standard InChI is InChI=1S/C81H153NO5/c1-3-5-7-9-11-13-15-17-19-21-38-41-45-49-53-57-61-65-69-73-79(84)78(77-83)82-80(85)74-70-66-62-58-54-50-46-42-39-36-34-32-30-28-26-24-23-25-27-29-31-33-35-37-40-44-48-52-56-60-64-68-72-76-87-81(86)75-71-67-63-59-55-51-47-43-22-20-18-16-14-12-10-8-6-4-2/h20,22,27,29,33,35,69,73,78-79,83-84H,3-19,21,23-26,28,30-32,34,36-68,70-72,74-77H2,1-2H3,(H,82,85)/b22-20-,29-27-,35-33-,73-69+. The molecule has 0 radical (unpaired) electrons. The van der Waals surface area contributed by atoms with Gasteiger partial charge in [-0.3, -0.25) is 9.59 Å². The molecule has 3 N–H and O–H groups in total. The van der Waals surface area contributed by atoms with Crippen LogP contribution in [0.3, 0.4) is 0 Å². The van der Waals surface area contributed by atoms with Crippen LogP contribution in [0.4, 0.5) is 0 Å². The van der Waals surface area contributed by atoms with Crippen LogP contribution in [-0.2, 0) is 14.3 Å². The van der Waals surface area contributed by atoms with Gasteiger partial charge in [-0.25, -0.2) is 0 Å². The Morgan fingerprint density at radius 2 is 0.575 bits per heavy atom. The molecule has 1 amide bonds. The van der Waals surface area contributed by atoms with E-state index in [0.717, 1.165) is 51.4 Å². The molecule has 6 heteroatoms. The molecule has 0 aromatic carbocycles. The number of aliphatic hydroxyl groups excluding tert-OH is 2. The van der Waals surface area contributed by atoms with E-state index in [9.17, 15) is 19.8 Å². The SMILES string of the molecule is CCCCCCCCC/C=C\CCCCCCCCCC(=O)OCCCCCCCCCCC/C=C\C/C=C\CCCCCCCCCCCCCCCCCCCC(=O)NC(CO)C(O)/C=C/CCCCCCCCCCCCCCCCCCC. The Bertz CT molecular complexity index is 1450. The van der Waals surface area contributed by atoms with Crippen LogP contribution < -0.4 is 5.32 Å². The highest BCUT2D eigenvalue weighted by Crippen LogP contribution is 2.19. The van der Waals surface area contributed by atoms with Gasteiger partial charge in [0.15, 0.2) is 0 Å². The van der Waals surface area contributed by atoms with Crippen molar-refractivity contribution in [3.8, 4) is 0 Å². The normalized spacial score (nSPS) is 12.7. The van der Waals surface area contributed by atoms with E-state index in [0.29, 0.717) is 19.4 Å². The number of hydrogen-bond donors (Lipinski definition) is 3. The predicted octanol–water partition coefficient (Wildman–Crippen LogP) is 26.0. The van der Waals surface area contributed by atoms with Crippen molar-refractivity contribution in [1.82, 2.24) is 5.32 Å². The van der Waals surface area contributed by atoms with Gasteiger partial charge in [-0.05, 0) is 89.9 Å². The number of ether oxygens (including phenoxy) is 1. The molecular formula is C81H153NO5. The molecule has 0 saturated heterocycles. The minimum atomic E-state index is -0.845. The molecular weight excluding hydrogens is 1070 g/mol. The topological polar surface area (TPSA) is 95.9 Å². The summed E-state index contributed by atoms with van der Waals surface area (Å²) in [6.45, 7) is 4.94. The maximum Gasteiger partial charge on any atom is 0.305 e. The van der Waals surface area contributed by atoms with E-state index < -0.39 is 12.1 Å². The largest absolute Gasteiger partial charge is 0.466 e. The summed E-state index contributed by atoms with van der Waals surface area (Å²) in [6.07, 6.45) is 101. The van der Waals surface area contributed by atoms with E-state index in [-0.39, 0.29) is 18.5 Å². The molecule has 0 aliphatic rings. The molecule has 0 bridgehead atoms. The Hall–Kier alpha value is -2.18. The lowest BCUT2D eigenvalue weighted by atomic mass is 10.0. The highest BCUT2D eigenvalue weighted by molar-refractivity contribution is 5.76. The first-order chi connectivity index (χ1) is 43.0. The average Bonchev–Trinajstić information content (AvgIpc) is 3.56. The van der Waals surface area contributed by atoms with Gasteiger partial charge >= 0.3 is 5.97 Å². The minimum Gasteiger partial charge on any atom is -0.466 e. The number of aliphatic hydroxyl groups is 2. The van der Waals surface area contributed by atoms with Crippen molar-refractivity contribution in [2.75, 3.05) is 13.2 Å². The first-order valence-electron chi connectivity index (χ1n) is 39.4. The molecule has 0 spiro atoms. The summed E-state index contributed by atoms with van der Waals surface area (Å²) in [5.74, 6) is -0.0510. The Balaban J connectivity index is 3.39. The number of allylic oxidation sites excluding steroid dienone is 7. The van der Waals surface area contributed by atoms with Crippen LogP contribution in [0.2, 0.25) is 0 Å². The Morgan fingerprint density at radius 3 is 0.885 bits per heavy atom. The molecule has 0 aromatic heterocycles. The van der Waals surface area contributed by atoms with Crippen LogP contribution in [-0.4, -0.2) is 47.4 Å². The molecule has 2 unspecified atom stereocenters. The molecule has 6 nitrogen and oxygen atoms in total. The maximum absolute atomic E-state index is 12.5. The first kappa shape index (κ1) is 84.8. The van der Waals surface area contributed by atoms with E-state index in [1.54, 1.807) is 6.08 Å². The van der Waals surface area contributed by atoms with E-state index in [1.807, 2.05) is 6.08 Å². The van der Waals surface area contributed by atoms with Gasteiger partial charge in [0.25, 0.3) is 0 Å². The first-order valence-corrected chi connectivity index (χ1v) is 39.4. The fourth-order valence-corrected chi connectivity index (χ4v) is 12.3. The van der Waals surface area contributed by atoms with Crippen LogP contribution in [0, 0.1) is 0 Å². The lowest BCUT2D eigenvalue weighted by Gasteiger charge is -2.20. The van der Waals surface area contributed by atoms with Crippen molar-refractivity contribution < 1.29 is 24.5 Å². The minimum absolute atomic E-state index is 0.0115. The highest BCUT2D eigenvalue weighted by Gasteiger charge is 2.18. The lowest BCUT2D eigenvalue weighted by Crippen LogP contribution is -2.45. The highest BCUT2D eigenvalue weighted by atomic mass is 16.5. The predicted molar refractivity (Wildman–Crippen MR) is 384 cm³/mol. The molecule has 0 aliphatic heterocycles. The molecule has 87 heavy (non-hydrogen) atoms. The molecule has 512 valence electrons. The van der Waals surface area contributed by atoms with Crippen LogP contribution in [0.15, 0.2) is 48.6 Å². The third-order valence-electron chi connectivity index (χ3n) is 18.3. The van der Waals surface area contributed by atoms with Crippen molar-refractivity contribution >= 4 is 11.9 Å². The maximum atomic E-state index is 12.5. The van der Waals surface area contributed by atoms with Gasteiger partial charge in [0.1, 0.15) is 0 Å². The van der Waals surface area contributed by atoms with Gasteiger partial charge in [-0.2, -0.15) is 0 Å². The van der Waals surface area contributed by atoms with E-state index in [1.165, 1.54) is 353 Å². The number of carbonyl (C=O) groups excluding carboxylic acids is 2. The zero-order chi connectivity index (χ0) is 62.8. The van der Waals surface area contributed by atoms with Crippen LogP contribution in [0.1, 0.15) is 431 Å². The van der Waals surface area contributed by atoms with Crippen molar-refractivity contribution in [3.05, 3.63) is 48.6 Å². The smallest absolute Gasteiger partial charge is 0.305 e. The number of esters is 1. The lowest BCUT2D eigenvalue weighted by molar-refractivity contribution is -0.143. The van der Waals surface area contributed by atoms with Crippen molar-refractivity contribution in [2.45, 2.75) is 443 Å². The summed E-state index contributed by atoms with van der Waals surface area (Å²) in [7, 11) is 0. The quantitative estimate of drug-likeness (QED) is 0.0320. The monoisotopic (exact) mass is 1220 g/mol. The Labute approximate surface area is 544 Å². The fourth-order valence-electron chi connectivity index (χ4n) is 12.3. The van der Waals surface area contributed by atoms with Crippen LogP contribution in [0.25, 0.3) is 0 Å². The van der Waals surface area contributed by atoms with E-state index in [2.05, 4.69) is 55.6 Å². The van der Waals surface area contributed by atoms with Crippen molar-refractivity contribution in [2.24, 2.45) is 0 Å². The van der Waals surface area contributed by atoms with Gasteiger partial charge in [-0.1, -0.05) is 377 Å². The van der Waals surface area contributed by atoms with Crippen molar-refractivity contribution in [3.63, 3.8) is 0 Å². The van der Waals surface area contributed by atoms with Gasteiger partial charge in [0, 0.05) is 12.8 Å². The second-order valence-electron chi connectivity index (χ2n) is 27.0. The zero-order valence-corrected chi connectivity index (χ0v) is 58.8. The Morgan fingerprint density at radius 1 is 0.322 bits per heavy atom. The number of rotatable bonds is 74. The molecule has 0 saturated carbocycles. The summed E-state index contributed by atoms with van der Waals surface area (Å²) in [6, 6.07) is -0.628. The van der Waals surface area contributed by atoms with E-state index in [4.69, 9.17) is 4.74 Å². The van der Waals surface area contributed by atoms with Gasteiger partial charge < -0.3 is 20.3 Å². The third kappa shape index (κ3) is 72.8. The third-order valence-corrected chi connectivity index (χ3v) is 18.3. The molecule has 2 atom stereocenters. The number of hydrogen-bond acceptors (Lipinski definition) is 5. The summed E-state index contributed by atoms with van der Waals surface area (Å²) in [5.41, 5.74) is 0. The molecule has 0 rings (SSSR count). The van der Waals surface area contributed by atoms with E-state index >= 15 is 0 Å². The molecule has 0 heterocycles. The molecule has 0 aromatic rings. The summed E-state index contributed by atoms with van der Waals surface area (Å²) >= 11 is 0. The average molecular weight is 1220 g/mol. The van der Waals surface area contributed by atoms with Gasteiger partial charge in [0.05, 0.1) is 25.4 Å². The Kier molecular flexibility index (Phi) is 74.4.